The predicted octanol–water partition coefficient (Wildman–Crippen LogP) is 6.53. The Morgan fingerprint density at radius 1 is 0.828 bits per heavy atom. The van der Waals surface area contributed by atoms with Crippen molar-refractivity contribution in [2.45, 2.75) is 96.4 Å². The van der Waals surface area contributed by atoms with Gasteiger partial charge >= 0.3 is 5.97 Å². The van der Waals surface area contributed by atoms with E-state index in [-0.39, 0.29) is 0 Å². The van der Waals surface area contributed by atoms with Crippen LogP contribution in [0.25, 0.3) is 11.0 Å². The monoisotopic (exact) mass is 399 g/mol. The van der Waals surface area contributed by atoms with Gasteiger partial charge in [0.2, 0.25) is 0 Å². The van der Waals surface area contributed by atoms with E-state index in [1.165, 1.54) is 57.8 Å². The molecule has 29 heavy (non-hydrogen) atoms. The summed E-state index contributed by atoms with van der Waals surface area (Å²) in [6.07, 6.45) is 20.5. The summed E-state index contributed by atoms with van der Waals surface area (Å²) in [6, 6.07) is 8.15. The number of unbranched alkanes of at least 4 members (excludes halogenated alkanes) is 11. The van der Waals surface area contributed by atoms with E-state index in [0.717, 1.165) is 43.3 Å². The third-order valence-corrected chi connectivity index (χ3v) is 5.34. The van der Waals surface area contributed by atoms with E-state index in [0.29, 0.717) is 6.42 Å². The van der Waals surface area contributed by atoms with Crippen LogP contribution in [0.2, 0.25) is 0 Å². The van der Waals surface area contributed by atoms with Gasteiger partial charge in [-0.15, -0.1) is 5.10 Å². The molecule has 0 fully saturated rings. The lowest BCUT2D eigenvalue weighted by Crippen LogP contribution is -2.00. The number of carboxylic acid groups (broad SMARTS) is 1. The maximum atomic E-state index is 10.4. The van der Waals surface area contributed by atoms with Crippen molar-refractivity contribution < 1.29 is 9.90 Å². The number of aryl methyl sites for hydroxylation is 1. The summed E-state index contributed by atoms with van der Waals surface area (Å²) in [5.41, 5.74) is 2.12. The second-order valence-electron chi connectivity index (χ2n) is 7.88. The van der Waals surface area contributed by atoms with Crippen LogP contribution in [0.5, 0.6) is 0 Å². The number of rotatable bonds is 17. The first kappa shape index (κ1) is 23.1. The summed E-state index contributed by atoms with van der Waals surface area (Å²) < 4.78 is 2.02. The van der Waals surface area contributed by atoms with Crippen LogP contribution in [0, 0.1) is 0 Å². The van der Waals surface area contributed by atoms with Gasteiger partial charge in [0.15, 0.2) is 0 Å². The second kappa shape index (κ2) is 14.8. The number of benzene rings is 1. The smallest absolute Gasteiger partial charge is 0.303 e. The van der Waals surface area contributed by atoms with Crippen LogP contribution in [0.4, 0.5) is 0 Å². The third-order valence-electron chi connectivity index (χ3n) is 5.34. The lowest BCUT2D eigenvalue weighted by Gasteiger charge is -2.03. The minimum atomic E-state index is -0.673. The summed E-state index contributed by atoms with van der Waals surface area (Å²) in [5, 5.41) is 17.0. The molecular formula is C24H37N3O2. The molecule has 0 saturated carbocycles. The summed E-state index contributed by atoms with van der Waals surface area (Å²) >= 11 is 0. The van der Waals surface area contributed by atoms with Gasteiger partial charge in [-0.3, -0.25) is 4.79 Å². The number of carboxylic acids is 1. The van der Waals surface area contributed by atoms with Crippen LogP contribution in [-0.2, 0) is 11.3 Å². The number of hydrogen-bond donors (Lipinski definition) is 1. The Labute approximate surface area is 175 Å². The molecule has 0 saturated heterocycles. The molecule has 5 nitrogen and oxygen atoms in total. The maximum Gasteiger partial charge on any atom is 0.303 e. The Morgan fingerprint density at radius 2 is 1.41 bits per heavy atom. The number of allylic oxidation sites excluding steroid dienone is 2. The van der Waals surface area contributed by atoms with E-state index < -0.39 is 5.97 Å². The predicted molar refractivity (Wildman–Crippen MR) is 119 cm³/mol. The minimum absolute atomic E-state index is 0.318. The average Bonchev–Trinajstić information content (AvgIpc) is 3.13. The van der Waals surface area contributed by atoms with Crippen molar-refractivity contribution in [2.75, 3.05) is 0 Å². The molecule has 0 aliphatic heterocycles. The number of nitrogens with zero attached hydrogens (tertiary/aromatic N) is 3. The zero-order valence-corrected chi connectivity index (χ0v) is 17.8. The lowest BCUT2D eigenvalue weighted by atomic mass is 10.1. The quantitative estimate of drug-likeness (QED) is 0.242. The SMILES string of the molecule is O=C(O)CCCCCCC/C=C\CCCCCCCCn1nnc2ccccc21. The molecule has 0 radical (unpaired) electrons. The lowest BCUT2D eigenvalue weighted by molar-refractivity contribution is -0.137. The third kappa shape index (κ3) is 10.2. The Balaban J connectivity index is 1.34. The Bertz CT molecular complexity index is 724. The van der Waals surface area contributed by atoms with Gasteiger partial charge in [-0.2, -0.15) is 0 Å². The van der Waals surface area contributed by atoms with Crippen molar-refractivity contribution in [3.8, 4) is 0 Å². The maximum absolute atomic E-state index is 10.4. The summed E-state index contributed by atoms with van der Waals surface area (Å²) in [4.78, 5) is 10.4. The molecule has 1 aromatic heterocycles. The zero-order chi connectivity index (χ0) is 20.6. The molecule has 0 bridgehead atoms. The Morgan fingerprint density at radius 3 is 2.10 bits per heavy atom. The molecule has 2 rings (SSSR count). The van der Waals surface area contributed by atoms with E-state index in [4.69, 9.17) is 5.11 Å². The van der Waals surface area contributed by atoms with Gasteiger partial charge in [-0.1, -0.05) is 74.4 Å². The van der Waals surface area contributed by atoms with Crippen molar-refractivity contribution in [3.05, 3.63) is 36.4 Å². The highest BCUT2D eigenvalue weighted by Gasteiger charge is 2.02. The van der Waals surface area contributed by atoms with E-state index in [1.54, 1.807) is 0 Å². The van der Waals surface area contributed by atoms with Gasteiger partial charge in [0.1, 0.15) is 5.52 Å². The molecule has 5 heteroatoms. The van der Waals surface area contributed by atoms with Crippen molar-refractivity contribution in [1.29, 1.82) is 0 Å². The van der Waals surface area contributed by atoms with Crippen molar-refractivity contribution in [1.82, 2.24) is 15.0 Å². The molecule has 2 aromatic rings. The van der Waals surface area contributed by atoms with Crippen molar-refractivity contribution in [2.24, 2.45) is 0 Å². The van der Waals surface area contributed by atoms with Gasteiger partial charge < -0.3 is 5.11 Å². The van der Waals surface area contributed by atoms with Gasteiger partial charge in [0.25, 0.3) is 0 Å². The Kier molecular flexibility index (Phi) is 11.8. The van der Waals surface area contributed by atoms with E-state index in [2.05, 4.69) is 28.5 Å². The first-order chi connectivity index (χ1) is 14.3. The second-order valence-corrected chi connectivity index (χ2v) is 7.88. The number of carbonyl (C=O) groups is 1. The van der Waals surface area contributed by atoms with Crippen LogP contribution in [0.15, 0.2) is 36.4 Å². The van der Waals surface area contributed by atoms with Crippen LogP contribution in [0.3, 0.4) is 0 Å². The van der Waals surface area contributed by atoms with Crippen molar-refractivity contribution >= 4 is 17.0 Å². The highest BCUT2D eigenvalue weighted by Crippen LogP contribution is 2.13. The van der Waals surface area contributed by atoms with Gasteiger partial charge in [0, 0.05) is 13.0 Å². The average molecular weight is 400 g/mol. The van der Waals surface area contributed by atoms with E-state index >= 15 is 0 Å². The van der Waals surface area contributed by atoms with Crippen molar-refractivity contribution in [3.63, 3.8) is 0 Å². The molecule has 0 aliphatic carbocycles. The van der Waals surface area contributed by atoms with Gasteiger partial charge in [-0.05, 0) is 50.7 Å². The normalized spacial score (nSPS) is 11.6. The van der Waals surface area contributed by atoms with Crippen LogP contribution < -0.4 is 0 Å². The van der Waals surface area contributed by atoms with E-state index in [9.17, 15) is 4.79 Å². The Hall–Kier alpha value is -2.17. The van der Waals surface area contributed by atoms with Crippen LogP contribution in [-0.4, -0.2) is 26.1 Å². The molecule has 1 aromatic carbocycles. The molecule has 0 spiro atoms. The fourth-order valence-electron chi connectivity index (χ4n) is 3.62. The largest absolute Gasteiger partial charge is 0.481 e. The number of fused-ring (bicyclic) bond motifs is 1. The first-order valence-electron chi connectivity index (χ1n) is 11.4. The zero-order valence-electron chi connectivity index (χ0n) is 17.8. The molecule has 0 atom stereocenters. The fourth-order valence-corrected chi connectivity index (χ4v) is 3.62. The van der Waals surface area contributed by atoms with E-state index in [1.807, 2.05) is 22.9 Å². The molecule has 1 N–H and O–H groups in total. The molecule has 1 heterocycles. The molecular weight excluding hydrogens is 362 g/mol. The highest BCUT2D eigenvalue weighted by atomic mass is 16.4. The standard InChI is InChI=1S/C24H37N3O2/c28-24(29)20-14-12-10-8-6-4-2-1-3-5-7-9-11-13-17-21-27-23-19-16-15-18-22(23)25-26-27/h1-2,15-16,18-19H,3-14,17,20-21H2,(H,28,29)/b2-1-. The molecule has 0 amide bonds. The molecule has 0 unspecified atom stereocenters. The fraction of sp³-hybridized carbons (Fsp3) is 0.625. The minimum Gasteiger partial charge on any atom is -0.481 e. The summed E-state index contributed by atoms with van der Waals surface area (Å²) in [5.74, 6) is -0.673. The number of para-hydroxylation sites is 1. The topological polar surface area (TPSA) is 68.0 Å². The van der Waals surface area contributed by atoms with Crippen LogP contribution >= 0.6 is 0 Å². The van der Waals surface area contributed by atoms with Gasteiger partial charge in [-0.25, -0.2) is 4.68 Å². The summed E-state index contributed by atoms with van der Waals surface area (Å²) in [7, 11) is 0. The highest BCUT2D eigenvalue weighted by molar-refractivity contribution is 5.73. The van der Waals surface area contributed by atoms with Gasteiger partial charge in [0.05, 0.1) is 5.52 Å². The first-order valence-corrected chi connectivity index (χ1v) is 11.4. The number of aliphatic carboxylic acids is 1. The number of aromatic nitrogens is 3. The summed E-state index contributed by atoms with van der Waals surface area (Å²) in [6.45, 7) is 0.961. The molecule has 0 aliphatic rings. The number of hydrogen-bond acceptors (Lipinski definition) is 3. The molecule has 160 valence electrons. The van der Waals surface area contributed by atoms with Crippen LogP contribution in [0.1, 0.15) is 89.9 Å².